The van der Waals surface area contributed by atoms with E-state index in [9.17, 15) is 4.79 Å². The van der Waals surface area contributed by atoms with Crippen LogP contribution in [-0.2, 0) is 9.47 Å². The SMILES string of the molecule is COCCNc1nc(Cl)nc2sc(C(=O)OCC(C)C)c(C)c12. The van der Waals surface area contributed by atoms with Crippen molar-refractivity contribution >= 4 is 44.9 Å². The molecule has 0 bridgehead atoms. The minimum Gasteiger partial charge on any atom is -0.461 e. The van der Waals surface area contributed by atoms with Crippen LogP contribution < -0.4 is 5.32 Å². The van der Waals surface area contributed by atoms with Crippen molar-refractivity contribution in [3.63, 3.8) is 0 Å². The Morgan fingerprint density at radius 1 is 1.39 bits per heavy atom. The summed E-state index contributed by atoms with van der Waals surface area (Å²) < 4.78 is 10.3. The second kappa shape index (κ2) is 7.90. The van der Waals surface area contributed by atoms with Crippen LogP contribution in [0.15, 0.2) is 0 Å². The Morgan fingerprint density at radius 2 is 2.13 bits per heavy atom. The zero-order valence-electron chi connectivity index (χ0n) is 13.6. The number of nitrogens with zero attached hydrogens (tertiary/aromatic N) is 2. The number of rotatable bonds is 7. The standard InChI is InChI=1S/C15H20ClN3O3S/c1-8(2)7-22-14(20)11-9(3)10-12(17-5-6-21-4)18-15(16)19-13(10)23-11/h8H,5-7H2,1-4H3,(H,17,18,19). The number of aryl methyl sites for hydroxylation is 1. The second-order valence-electron chi connectivity index (χ2n) is 5.49. The number of ether oxygens (including phenoxy) is 2. The van der Waals surface area contributed by atoms with Crippen LogP contribution in [0, 0.1) is 12.8 Å². The number of fused-ring (bicyclic) bond motifs is 1. The fourth-order valence-electron chi connectivity index (χ4n) is 2.01. The number of hydrogen-bond donors (Lipinski definition) is 1. The van der Waals surface area contributed by atoms with Crippen molar-refractivity contribution in [1.82, 2.24) is 9.97 Å². The number of anilines is 1. The van der Waals surface area contributed by atoms with E-state index in [1.807, 2.05) is 20.8 Å². The average Bonchev–Trinajstić information content (AvgIpc) is 2.82. The van der Waals surface area contributed by atoms with Crippen LogP contribution in [0.25, 0.3) is 10.2 Å². The maximum atomic E-state index is 12.3. The minimum absolute atomic E-state index is 0.140. The molecule has 2 aromatic rings. The van der Waals surface area contributed by atoms with Crippen LogP contribution in [0.1, 0.15) is 29.1 Å². The van der Waals surface area contributed by atoms with E-state index in [0.29, 0.717) is 35.3 Å². The fraction of sp³-hybridized carbons (Fsp3) is 0.533. The molecule has 0 aromatic carbocycles. The molecule has 8 heteroatoms. The number of hydrogen-bond acceptors (Lipinski definition) is 7. The zero-order chi connectivity index (χ0) is 17.0. The van der Waals surface area contributed by atoms with Crippen molar-refractivity contribution in [2.24, 2.45) is 5.92 Å². The highest BCUT2D eigenvalue weighted by Gasteiger charge is 2.21. The van der Waals surface area contributed by atoms with E-state index < -0.39 is 0 Å². The van der Waals surface area contributed by atoms with Crippen LogP contribution in [0.4, 0.5) is 5.82 Å². The molecule has 1 N–H and O–H groups in total. The van der Waals surface area contributed by atoms with Crippen LogP contribution in [-0.4, -0.2) is 42.8 Å². The number of thiophene rings is 1. The van der Waals surface area contributed by atoms with E-state index in [1.165, 1.54) is 11.3 Å². The quantitative estimate of drug-likeness (QED) is 0.464. The van der Waals surface area contributed by atoms with Gasteiger partial charge in [0, 0.05) is 13.7 Å². The Balaban J connectivity index is 2.36. The summed E-state index contributed by atoms with van der Waals surface area (Å²) >= 11 is 7.25. The summed E-state index contributed by atoms with van der Waals surface area (Å²) in [5.74, 6) is 0.556. The number of esters is 1. The molecule has 0 unspecified atom stereocenters. The van der Waals surface area contributed by atoms with E-state index in [4.69, 9.17) is 21.1 Å². The van der Waals surface area contributed by atoms with Crippen LogP contribution in [0.3, 0.4) is 0 Å². The number of nitrogens with one attached hydrogen (secondary N) is 1. The van der Waals surface area contributed by atoms with Gasteiger partial charge in [-0.2, -0.15) is 0 Å². The number of carbonyl (C=O) groups is 1. The van der Waals surface area contributed by atoms with Crippen LogP contribution in [0.2, 0.25) is 5.28 Å². The van der Waals surface area contributed by atoms with Gasteiger partial charge in [0.25, 0.3) is 0 Å². The number of carbonyl (C=O) groups excluding carboxylic acids is 1. The summed E-state index contributed by atoms with van der Waals surface area (Å²) in [5.41, 5.74) is 0.801. The first kappa shape index (κ1) is 17.9. The predicted molar refractivity (Wildman–Crippen MR) is 92.6 cm³/mol. The summed E-state index contributed by atoms with van der Waals surface area (Å²) in [6.07, 6.45) is 0. The molecule has 0 radical (unpaired) electrons. The average molecular weight is 358 g/mol. The van der Waals surface area contributed by atoms with Crippen LogP contribution in [0.5, 0.6) is 0 Å². The van der Waals surface area contributed by atoms with Crippen molar-refractivity contribution in [1.29, 1.82) is 0 Å². The number of aromatic nitrogens is 2. The van der Waals surface area contributed by atoms with Gasteiger partial charge >= 0.3 is 5.97 Å². The molecule has 126 valence electrons. The van der Waals surface area contributed by atoms with Crippen molar-refractivity contribution < 1.29 is 14.3 Å². The smallest absolute Gasteiger partial charge is 0.348 e. The Kier molecular flexibility index (Phi) is 6.15. The molecule has 0 aliphatic carbocycles. The third-order valence-corrected chi connectivity index (χ3v) is 4.43. The molecule has 2 rings (SSSR count). The van der Waals surface area contributed by atoms with Crippen LogP contribution >= 0.6 is 22.9 Å². The first-order valence-corrected chi connectivity index (χ1v) is 8.50. The highest BCUT2D eigenvalue weighted by molar-refractivity contribution is 7.20. The maximum Gasteiger partial charge on any atom is 0.348 e. The van der Waals surface area contributed by atoms with Gasteiger partial charge in [0.05, 0.1) is 18.6 Å². The van der Waals surface area contributed by atoms with E-state index in [-0.39, 0.29) is 17.2 Å². The number of methoxy groups -OCH3 is 1. The van der Waals surface area contributed by atoms with Gasteiger partial charge in [0.1, 0.15) is 15.5 Å². The van der Waals surface area contributed by atoms with E-state index >= 15 is 0 Å². The Bertz CT molecular complexity index is 703. The summed E-state index contributed by atoms with van der Waals surface area (Å²) in [4.78, 5) is 21.9. The molecule has 2 aromatic heterocycles. The normalized spacial score (nSPS) is 11.2. The molecular weight excluding hydrogens is 338 g/mol. The van der Waals surface area contributed by atoms with Gasteiger partial charge in [0.15, 0.2) is 0 Å². The molecule has 2 heterocycles. The number of halogens is 1. The monoisotopic (exact) mass is 357 g/mol. The van der Waals surface area contributed by atoms with Gasteiger partial charge in [-0.3, -0.25) is 0 Å². The summed E-state index contributed by atoms with van der Waals surface area (Å²) in [5, 5.41) is 4.10. The summed E-state index contributed by atoms with van der Waals surface area (Å²) in [6, 6.07) is 0. The molecule has 0 saturated carbocycles. The molecule has 0 spiro atoms. The molecule has 0 aliphatic rings. The van der Waals surface area contributed by atoms with Crippen molar-refractivity contribution in [2.75, 3.05) is 32.2 Å². The van der Waals surface area contributed by atoms with Crippen molar-refractivity contribution in [3.8, 4) is 0 Å². The van der Waals surface area contributed by atoms with E-state index in [1.54, 1.807) is 7.11 Å². The lowest BCUT2D eigenvalue weighted by Gasteiger charge is -2.08. The third kappa shape index (κ3) is 4.31. The largest absolute Gasteiger partial charge is 0.461 e. The molecule has 0 fully saturated rings. The molecule has 23 heavy (non-hydrogen) atoms. The van der Waals surface area contributed by atoms with Gasteiger partial charge in [0.2, 0.25) is 5.28 Å². The highest BCUT2D eigenvalue weighted by atomic mass is 35.5. The first-order chi connectivity index (χ1) is 10.9. The first-order valence-electron chi connectivity index (χ1n) is 7.30. The topological polar surface area (TPSA) is 73.3 Å². The van der Waals surface area contributed by atoms with E-state index in [2.05, 4.69) is 15.3 Å². The molecule has 0 atom stereocenters. The fourth-order valence-corrected chi connectivity index (χ4v) is 3.31. The van der Waals surface area contributed by atoms with E-state index in [0.717, 1.165) is 10.9 Å². The Hall–Kier alpha value is -1.44. The minimum atomic E-state index is -0.335. The van der Waals surface area contributed by atoms with Gasteiger partial charge in [-0.1, -0.05) is 13.8 Å². The Morgan fingerprint density at radius 3 is 2.78 bits per heavy atom. The molecule has 0 aliphatic heterocycles. The molecular formula is C15H20ClN3O3S. The summed E-state index contributed by atoms with van der Waals surface area (Å²) in [7, 11) is 1.63. The van der Waals surface area contributed by atoms with Gasteiger partial charge in [-0.15, -0.1) is 11.3 Å². The van der Waals surface area contributed by atoms with Gasteiger partial charge in [-0.05, 0) is 30.0 Å². The molecule has 6 nitrogen and oxygen atoms in total. The predicted octanol–water partition coefficient (Wildman–Crippen LogP) is 3.52. The lowest BCUT2D eigenvalue weighted by atomic mass is 10.2. The lowest BCUT2D eigenvalue weighted by Crippen LogP contribution is -2.10. The zero-order valence-corrected chi connectivity index (χ0v) is 15.2. The highest BCUT2D eigenvalue weighted by Crippen LogP contribution is 2.35. The third-order valence-electron chi connectivity index (χ3n) is 3.09. The maximum absolute atomic E-state index is 12.3. The van der Waals surface area contributed by atoms with Crippen molar-refractivity contribution in [2.45, 2.75) is 20.8 Å². The van der Waals surface area contributed by atoms with Gasteiger partial charge < -0.3 is 14.8 Å². The second-order valence-corrected chi connectivity index (χ2v) is 6.83. The molecule has 0 saturated heterocycles. The van der Waals surface area contributed by atoms with Crippen molar-refractivity contribution in [3.05, 3.63) is 15.7 Å². The van der Waals surface area contributed by atoms with Gasteiger partial charge in [-0.25, -0.2) is 14.8 Å². The summed E-state index contributed by atoms with van der Waals surface area (Å²) in [6.45, 7) is 7.36. The Labute approximate surface area is 144 Å². The molecule has 0 amide bonds. The lowest BCUT2D eigenvalue weighted by molar-refractivity contribution is 0.0464.